The van der Waals surface area contributed by atoms with Crippen molar-refractivity contribution in [3.63, 3.8) is 0 Å². The minimum absolute atomic E-state index is 0.589. The van der Waals surface area contributed by atoms with Crippen LogP contribution in [0.15, 0.2) is 42.5 Å². The second-order valence-corrected chi connectivity index (χ2v) is 5.04. The number of allylic oxidation sites excluding steroid dienone is 1. The van der Waals surface area contributed by atoms with E-state index in [1.54, 1.807) is 0 Å². The third kappa shape index (κ3) is 10.6. The Bertz CT molecular complexity index is 295. The van der Waals surface area contributed by atoms with Gasteiger partial charge in [-0.25, -0.2) is 0 Å². The van der Waals surface area contributed by atoms with Crippen molar-refractivity contribution in [3.05, 3.63) is 48.0 Å². The first-order valence-electron chi connectivity index (χ1n) is 7.75. The van der Waals surface area contributed by atoms with Crippen LogP contribution in [0.3, 0.4) is 0 Å². The molecule has 1 rings (SSSR count). The highest BCUT2D eigenvalue weighted by Gasteiger charge is 2.08. The molecule has 0 heterocycles. The van der Waals surface area contributed by atoms with Gasteiger partial charge in [-0.05, 0) is 23.8 Å². The van der Waals surface area contributed by atoms with E-state index in [4.69, 9.17) is 0 Å². The predicted octanol–water partition coefficient (Wildman–Crippen LogP) is 6.83. The van der Waals surface area contributed by atoms with Crippen LogP contribution in [0.4, 0.5) is 0 Å². The van der Waals surface area contributed by atoms with Gasteiger partial charge in [0.15, 0.2) is 0 Å². The number of hydrogen-bond donors (Lipinski definition) is 0. The van der Waals surface area contributed by atoms with E-state index in [9.17, 15) is 0 Å². The second kappa shape index (κ2) is 13.4. The molecule has 0 heteroatoms. The van der Waals surface area contributed by atoms with Crippen LogP contribution in [0.5, 0.6) is 0 Å². The van der Waals surface area contributed by atoms with Crippen LogP contribution in [0, 0.1) is 5.92 Å². The van der Waals surface area contributed by atoms with Crippen LogP contribution in [0.2, 0.25) is 0 Å². The Morgan fingerprint density at radius 3 is 1.79 bits per heavy atom. The summed E-state index contributed by atoms with van der Waals surface area (Å²) in [5.41, 5.74) is 2.76. The minimum atomic E-state index is 0.589. The fraction of sp³-hybridized carbons (Fsp3) is 0.579. The van der Waals surface area contributed by atoms with Gasteiger partial charge in [-0.3, -0.25) is 0 Å². The molecule has 0 amide bonds. The maximum absolute atomic E-state index is 4.12. The lowest BCUT2D eigenvalue weighted by atomic mass is 9.90. The quantitative estimate of drug-likeness (QED) is 0.521. The SMILES string of the molecule is C=C(CC(C)c1ccccc1)C(C)C.CC.CCC. The van der Waals surface area contributed by atoms with Crippen LogP contribution in [-0.2, 0) is 0 Å². The van der Waals surface area contributed by atoms with Crippen molar-refractivity contribution in [2.24, 2.45) is 5.92 Å². The zero-order chi connectivity index (χ0) is 15.3. The molecule has 0 radical (unpaired) electrons. The molecule has 1 atom stereocenters. The normalized spacial score (nSPS) is 10.7. The molecule has 110 valence electrons. The summed E-state index contributed by atoms with van der Waals surface area (Å²) in [5, 5.41) is 0. The minimum Gasteiger partial charge on any atom is -0.0996 e. The average Bonchev–Trinajstić information content (AvgIpc) is 2.42. The Labute approximate surface area is 121 Å². The van der Waals surface area contributed by atoms with Crippen molar-refractivity contribution in [1.29, 1.82) is 0 Å². The fourth-order valence-electron chi connectivity index (χ4n) is 1.53. The standard InChI is InChI=1S/C14H20.C3H8.C2H6/c1-11(2)12(3)10-13(4)14-8-6-5-7-9-14;1-3-2;1-2/h5-9,11,13H,3,10H2,1-2,4H3;3H2,1-2H3;1-2H3. The first-order valence-corrected chi connectivity index (χ1v) is 7.75. The van der Waals surface area contributed by atoms with Crippen LogP contribution in [-0.4, -0.2) is 0 Å². The highest BCUT2D eigenvalue weighted by molar-refractivity contribution is 5.20. The van der Waals surface area contributed by atoms with Crippen molar-refractivity contribution in [2.75, 3.05) is 0 Å². The van der Waals surface area contributed by atoms with Gasteiger partial charge in [-0.15, -0.1) is 0 Å². The summed E-state index contributed by atoms with van der Waals surface area (Å²) in [6.45, 7) is 19.1. The molecular weight excluding hydrogens is 228 g/mol. The van der Waals surface area contributed by atoms with Crippen LogP contribution < -0.4 is 0 Å². The third-order valence-corrected chi connectivity index (χ3v) is 2.75. The van der Waals surface area contributed by atoms with E-state index in [-0.39, 0.29) is 0 Å². The third-order valence-electron chi connectivity index (χ3n) is 2.75. The molecule has 0 saturated carbocycles. The molecule has 1 aromatic carbocycles. The maximum Gasteiger partial charge on any atom is -0.0153 e. The van der Waals surface area contributed by atoms with Gasteiger partial charge in [0.25, 0.3) is 0 Å². The molecule has 0 aliphatic carbocycles. The predicted molar refractivity (Wildman–Crippen MR) is 90.8 cm³/mol. The van der Waals surface area contributed by atoms with Crippen molar-refractivity contribution in [2.45, 2.75) is 67.2 Å². The molecule has 0 aliphatic rings. The zero-order valence-electron chi connectivity index (χ0n) is 14.2. The Morgan fingerprint density at radius 1 is 1.00 bits per heavy atom. The van der Waals surface area contributed by atoms with Gasteiger partial charge in [-0.2, -0.15) is 0 Å². The van der Waals surface area contributed by atoms with Crippen LogP contribution in [0.25, 0.3) is 0 Å². The lowest BCUT2D eigenvalue weighted by Crippen LogP contribution is -1.99. The largest absolute Gasteiger partial charge is 0.0996 e. The van der Waals surface area contributed by atoms with Gasteiger partial charge in [0.05, 0.1) is 0 Å². The number of benzene rings is 1. The summed E-state index contributed by atoms with van der Waals surface area (Å²) in [5.74, 6) is 1.19. The van der Waals surface area contributed by atoms with Gasteiger partial charge in [0.1, 0.15) is 0 Å². The summed E-state index contributed by atoms with van der Waals surface area (Å²) in [6.07, 6.45) is 2.35. The molecule has 0 nitrogen and oxygen atoms in total. The lowest BCUT2D eigenvalue weighted by Gasteiger charge is -2.15. The molecular formula is C19H34. The van der Waals surface area contributed by atoms with Crippen LogP contribution >= 0.6 is 0 Å². The van der Waals surface area contributed by atoms with E-state index in [0.717, 1.165) is 6.42 Å². The Hall–Kier alpha value is -1.04. The highest BCUT2D eigenvalue weighted by Crippen LogP contribution is 2.25. The Balaban J connectivity index is 0. The van der Waals surface area contributed by atoms with Crippen LogP contribution in [0.1, 0.15) is 72.8 Å². The summed E-state index contributed by atoms with van der Waals surface area (Å²) in [6, 6.07) is 10.7. The molecule has 0 saturated heterocycles. The smallest absolute Gasteiger partial charge is 0.0153 e. The van der Waals surface area contributed by atoms with Crippen molar-refractivity contribution in [1.82, 2.24) is 0 Å². The topological polar surface area (TPSA) is 0 Å². The zero-order valence-corrected chi connectivity index (χ0v) is 14.2. The summed E-state index contributed by atoms with van der Waals surface area (Å²) in [4.78, 5) is 0. The number of rotatable bonds is 4. The van der Waals surface area contributed by atoms with E-state index < -0.39 is 0 Å². The molecule has 0 aliphatic heterocycles. The molecule has 19 heavy (non-hydrogen) atoms. The Morgan fingerprint density at radius 2 is 1.42 bits per heavy atom. The van der Waals surface area contributed by atoms with Crippen molar-refractivity contribution >= 4 is 0 Å². The van der Waals surface area contributed by atoms with Gasteiger partial charge in [0, 0.05) is 0 Å². The van der Waals surface area contributed by atoms with E-state index in [1.165, 1.54) is 17.6 Å². The summed E-state index contributed by atoms with van der Waals surface area (Å²) >= 11 is 0. The average molecular weight is 262 g/mol. The van der Waals surface area contributed by atoms with Gasteiger partial charge in [0.2, 0.25) is 0 Å². The summed E-state index contributed by atoms with van der Waals surface area (Å²) in [7, 11) is 0. The Kier molecular flexibility index (Phi) is 14.3. The van der Waals surface area contributed by atoms with E-state index in [1.807, 2.05) is 13.8 Å². The van der Waals surface area contributed by atoms with Crippen molar-refractivity contribution in [3.8, 4) is 0 Å². The molecule has 1 aromatic rings. The van der Waals surface area contributed by atoms with E-state index in [2.05, 4.69) is 71.5 Å². The molecule has 1 unspecified atom stereocenters. The molecule has 0 fully saturated rings. The maximum atomic E-state index is 4.12. The number of hydrogen-bond acceptors (Lipinski definition) is 0. The van der Waals surface area contributed by atoms with Gasteiger partial charge < -0.3 is 0 Å². The van der Waals surface area contributed by atoms with E-state index in [0.29, 0.717) is 11.8 Å². The highest BCUT2D eigenvalue weighted by atomic mass is 14.1. The molecule has 0 aromatic heterocycles. The van der Waals surface area contributed by atoms with Crippen molar-refractivity contribution < 1.29 is 0 Å². The first kappa shape index (κ1) is 20.3. The summed E-state index contributed by atoms with van der Waals surface area (Å²) < 4.78 is 0. The monoisotopic (exact) mass is 262 g/mol. The van der Waals surface area contributed by atoms with Gasteiger partial charge in [-0.1, -0.05) is 97.4 Å². The molecule has 0 bridgehead atoms. The first-order chi connectivity index (χ1) is 9.02. The molecule has 0 N–H and O–H groups in total. The van der Waals surface area contributed by atoms with E-state index >= 15 is 0 Å². The van der Waals surface area contributed by atoms with Gasteiger partial charge >= 0.3 is 0 Å². The molecule has 0 spiro atoms. The lowest BCUT2D eigenvalue weighted by molar-refractivity contribution is 0.655. The fourth-order valence-corrected chi connectivity index (χ4v) is 1.53. The second-order valence-electron chi connectivity index (χ2n) is 5.04.